The van der Waals surface area contributed by atoms with Crippen molar-refractivity contribution in [2.24, 2.45) is 0 Å². The number of carbonyl (C=O) groups is 2. The summed E-state index contributed by atoms with van der Waals surface area (Å²) in [7, 11) is 0. The Bertz CT molecular complexity index is 1350. The second-order valence-electron chi connectivity index (χ2n) is 7.97. The molecular formula is C27H24BrFN2O3. The van der Waals surface area contributed by atoms with Crippen LogP contribution in [0.15, 0.2) is 75.9 Å². The summed E-state index contributed by atoms with van der Waals surface area (Å²) in [4.78, 5) is 28.0. The smallest absolute Gasteiger partial charge is 0.340 e. The molecule has 5 nitrogen and oxygen atoms in total. The predicted octanol–water partition coefficient (Wildman–Crippen LogP) is 6.26. The average molecular weight is 523 g/mol. The first-order valence-electron chi connectivity index (χ1n) is 10.9. The van der Waals surface area contributed by atoms with Gasteiger partial charge in [-0.3, -0.25) is 9.69 Å². The summed E-state index contributed by atoms with van der Waals surface area (Å²) < 4.78 is 22.5. The van der Waals surface area contributed by atoms with E-state index in [-0.39, 0.29) is 29.5 Å². The van der Waals surface area contributed by atoms with Gasteiger partial charge in [0, 0.05) is 27.2 Å². The van der Waals surface area contributed by atoms with Gasteiger partial charge in [0.25, 0.3) is 5.91 Å². The molecule has 0 N–H and O–H groups in total. The number of anilines is 1. The van der Waals surface area contributed by atoms with Crippen molar-refractivity contribution in [1.29, 1.82) is 0 Å². The van der Waals surface area contributed by atoms with Crippen LogP contribution in [0, 0.1) is 19.7 Å². The average Bonchev–Trinajstić information content (AvgIpc) is 3.21. The summed E-state index contributed by atoms with van der Waals surface area (Å²) in [6.45, 7) is 7.38. The van der Waals surface area contributed by atoms with E-state index in [1.54, 1.807) is 54.8 Å². The van der Waals surface area contributed by atoms with Gasteiger partial charge in [-0.15, -0.1) is 0 Å². The van der Waals surface area contributed by atoms with E-state index >= 15 is 0 Å². The summed E-state index contributed by atoms with van der Waals surface area (Å²) in [5, 5.41) is 0. The molecule has 0 radical (unpaired) electrons. The summed E-state index contributed by atoms with van der Waals surface area (Å²) >= 11 is 3.41. The number of aromatic nitrogens is 1. The van der Waals surface area contributed by atoms with Gasteiger partial charge in [0.05, 0.1) is 23.4 Å². The van der Waals surface area contributed by atoms with Crippen LogP contribution in [0.3, 0.4) is 0 Å². The minimum Gasteiger partial charge on any atom is -0.462 e. The number of hydrogen-bond acceptors (Lipinski definition) is 3. The van der Waals surface area contributed by atoms with Gasteiger partial charge in [0.2, 0.25) is 0 Å². The first-order chi connectivity index (χ1) is 16.2. The second kappa shape index (κ2) is 9.43. The Hall–Kier alpha value is -3.45. The predicted molar refractivity (Wildman–Crippen MR) is 134 cm³/mol. The highest BCUT2D eigenvalue weighted by Crippen LogP contribution is 2.37. The molecule has 4 rings (SSSR count). The number of para-hydroxylation sites is 1. The molecule has 1 aromatic heterocycles. The fourth-order valence-electron chi connectivity index (χ4n) is 4.28. The standard InChI is InChI=1S/C27H24BrFN2O3/c1-5-34-27(33)25-18(4)31(21-12-10-20(28)11-13-21)26(32)22(25)15-19-14-16(2)30(17(19)3)24-9-7-6-8-23(24)29/h6-15H,5H2,1-4H3/b22-15-. The van der Waals surface area contributed by atoms with E-state index in [0.717, 1.165) is 21.4 Å². The first kappa shape index (κ1) is 23.7. The number of halogens is 2. The van der Waals surface area contributed by atoms with Crippen LogP contribution in [0.4, 0.5) is 10.1 Å². The Balaban J connectivity index is 1.86. The lowest BCUT2D eigenvalue weighted by atomic mass is 10.0. The molecule has 2 aromatic carbocycles. The fraction of sp³-hybridized carbons (Fsp3) is 0.185. The third-order valence-corrected chi connectivity index (χ3v) is 6.36. The third kappa shape index (κ3) is 4.12. The van der Waals surface area contributed by atoms with E-state index < -0.39 is 5.97 Å². The SMILES string of the molecule is CCOC(=O)C1=C(C)N(c2ccc(Br)cc2)C(=O)/C1=C\c1cc(C)n(-c2ccccc2F)c1C. The maximum absolute atomic E-state index is 14.5. The number of hydrogen-bond donors (Lipinski definition) is 0. The molecule has 174 valence electrons. The van der Waals surface area contributed by atoms with Crippen LogP contribution in [0.5, 0.6) is 0 Å². The van der Waals surface area contributed by atoms with Crippen molar-refractivity contribution < 1.29 is 18.7 Å². The van der Waals surface area contributed by atoms with E-state index in [1.807, 2.05) is 32.0 Å². The maximum atomic E-state index is 14.5. The molecule has 0 aliphatic carbocycles. The van der Waals surface area contributed by atoms with E-state index in [1.165, 1.54) is 11.0 Å². The minimum atomic E-state index is -0.554. The number of esters is 1. The maximum Gasteiger partial charge on any atom is 0.340 e. The molecule has 0 saturated carbocycles. The van der Waals surface area contributed by atoms with Crippen LogP contribution < -0.4 is 4.90 Å². The molecule has 0 unspecified atom stereocenters. The van der Waals surface area contributed by atoms with Crippen molar-refractivity contribution in [1.82, 2.24) is 4.57 Å². The summed E-state index contributed by atoms with van der Waals surface area (Å²) in [5.41, 5.74) is 4.32. The quantitative estimate of drug-likeness (QED) is 0.293. The molecule has 0 fully saturated rings. The van der Waals surface area contributed by atoms with E-state index in [9.17, 15) is 14.0 Å². The van der Waals surface area contributed by atoms with Gasteiger partial charge in [-0.05, 0) is 81.8 Å². The van der Waals surface area contributed by atoms with Crippen molar-refractivity contribution in [3.05, 3.63) is 98.7 Å². The molecule has 0 spiro atoms. The first-order valence-corrected chi connectivity index (χ1v) is 11.7. The number of ether oxygens (including phenoxy) is 1. The second-order valence-corrected chi connectivity index (χ2v) is 8.88. The summed E-state index contributed by atoms with van der Waals surface area (Å²) in [6, 6.07) is 15.7. The van der Waals surface area contributed by atoms with Crippen LogP contribution >= 0.6 is 15.9 Å². The van der Waals surface area contributed by atoms with Crippen molar-refractivity contribution in [3.8, 4) is 5.69 Å². The zero-order valence-corrected chi connectivity index (χ0v) is 20.9. The number of nitrogens with zero attached hydrogens (tertiary/aromatic N) is 2. The number of aryl methyl sites for hydroxylation is 1. The molecule has 2 heterocycles. The van der Waals surface area contributed by atoms with Crippen molar-refractivity contribution >= 4 is 39.6 Å². The Kier molecular flexibility index (Phi) is 6.57. The van der Waals surface area contributed by atoms with E-state index in [2.05, 4.69) is 15.9 Å². The third-order valence-electron chi connectivity index (χ3n) is 5.83. The lowest BCUT2D eigenvalue weighted by Crippen LogP contribution is -2.24. The molecule has 1 amide bonds. The highest BCUT2D eigenvalue weighted by Gasteiger charge is 2.38. The largest absolute Gasteiger partial charge is 0.462 e. The number of benzene rings is 2. The van der Waals surface area contributed by atoms with Gasteiger partial charge >= 0.3 is 5.97 Å². The lowest BCUT2D eigenvalue weighted by molar-refractivity contribution is -0.138. The van der Waals surface area contributed by atoms with E-state index in [0.29, 0.717) is 17.1 Å². The number of carbonyl (C=O) groups excluding carboxylic acids is 2. The monoisotopic (exact) mass is 522 g/mol. The Labute approximate surface area is 206 Å². The van der Waals surface area contributed by atoms with Crippen molar-refractivity contribution in [2.75, 3.05) is 11.5 Å². The Morgan fingerprint density at radius 3 is 2.41 bits per heavy atom. The number of amides is 1. The van der Waals surface area contributed by atoms with Gasteiger partial charge in [-0.2, -0.15) is 0 Å². The van der Waals surface area contributed by atoms with Gasteiger partial charge in [-0.25, -0.2) is 9.18 Å². The van der Waals surface area contributed by atoms with Crippen LogP contribution in [0.25, 0.3) is 11.8 Å². The highest BCUT2D eigenvalue weighted by atomic mass is 79.9. The van der Waals surface area contributed by atoms with Gasteiger partial charge in [0.15, 0.2) is 0 Å². The van der Waals surface area contributed by atoms with Crippen LogP contribution in [-0.4, -0.2) is 23.1 Å². The molecule has 7 heteroatoms. The van der Waals surface area contributed by atoms with Gasteiger partial charge in [0.1, 0.15) is 5.82 Å². The van der Waals surface area contributed by atoms with Crippen LogP contribution in [-0.2, 0) is 14.3 Å². The van der Waals surface area contributed by atoms with E-state index in [4.69, 9.17) is 4.74 Å². The highest BCUT2D eigenvalue weighted by molar-refractivity contribution is 9.10. The Morgan fingerprint density at radius 1 is 1.09 bits per heavy atom. The molecular weight excluding hydrogens is 499 g/mol. The van der Waals surface area contributed by atoms with Gasteiger partial charge in [-0.1, -0.05) is 28.1 Å². The van der Waals surface area contributed by atoms with Crippen molar-refractivity contribution in [2.45, 2.75) is 27.7 Å². The molecule has 1 aliphatic heterocycles. The molecule has 3 aromatic rings. The molecule has 0 bridgehead atoms. The minimum absolute atomic E-state index is 0.192. The molecule has 34 heavy (non-hydrogen) atoms. The van der Waals surface area contributed by atoms with Crippen LogP contribution in [0.1, 0.15) is 30.8 Å². The normalized spacial score (nSPS) is 14.9. The number of allylic oxidation sites excluding steroid dienone is 1. The van der Waals surface area contributed by atoms with Gasteiger partial charge < -0.3 is 9.30 Å². The zero-order valence-electron chi connectivity index (χ0n) is 19.4. The summed E-state index contributed by atoms with van der Waals surface area (Å²) in [5.74, 6) is -1.22. The fourth-order valence-corrected chi connectivity index (χ4v) is 4.54. The topological polar surface area (TPSA) is 51.5 Å². The molecule has 1 aliphatic rings. The molecule has 0 saturated heterocycles. The zero-order chi connectivity index (χ0) is 24.6. The lowest BCUT2D eigenvalue weighted by Gasteiger charge is -2.18. The van der Waals surface area contributed by atoms with Crippen LogP contribution in [0.2, 0.25) is 0 Å². The molecule has 0 atom stereocenters. The summed E-state index contributed by atoms with van der Waals surface area (Å²) in [6.07, 6.45) is 1.69. The van der Waals surface area contributed by atoms with Crippen molar-refractivity contribution in [3.63, 3.8) is 0 Å². The Morgan fingerprint density at radius 2 is 1.76 bits per heavy atom. The number of rotatable bonds is 5.